The first-order valence-corrected chi connectivity index (χ1v) is 30.7. The van der Waals surface area contributed by atoms with Crippen molar-refractivity contribution in [3.05, 3.63) is 227 Å². The molecule has 9 aromatic carbocycles. The summed E-state index contributed by atoms with van der Waals surface area (Å²) in [6, 6.07) is 72.3. The molecule has 5 heteroatoms. The van der Waals surface area contributed by atoms with E-state index in [1.54, 1.807) is 0 Å². The first-order chi connectivity index (χ1) is 39.8. The normalized spacial score (nSPS) is 16.2. The van der Waals surface area contributed by atoms with Crippen LogP contribution in [0.5, 0.6) is 0 Å². The zero-order chi connectivity index (χ0) is 58.8. The van der Waals surface area contributed by atoms with Gasteiger partial charge in [0.2, 0.25) is 5.88 Å². The van der Waals surface area contributed by atoms with Crippen molar-refractivity contribution < 1.29 is 4.42 Å². The van der Waals surface area contributed by atoms with Crippen LogP contribution in [0.2, 0.25) is 0 Å². The number of benzene rings is 9. The van der Waals surface area contributed by atoms with Gasteiger partial charge in [0.25, 0.3) is 0 Å². The van der Waals surface area contributed by atoms with Crippen molar-refractivity contribution >= 4 is 74.4 Å². The molecule has 2 aliphatic carbocycles. The Balaban J connectivity index is 1.13. The van der Waals surface area contributed by atoms with Crippen molar-refractivity contribution in [2.45, 2.75) is 149 Å². The van der Waals surface area contributed by atoms with Gasteiger partial charge in [-0.1, -0.05) is 219 Å². The average Bonchev–Trinajstić information content (AvgIpc) is 1.42. The summed E-state index contributed by atoms with van der Waals surface area (Å²) in [5.41, 5.74) is 27.9. The molecule has 2 aliphatic heterocycles. The topological polar surface area (TPSA) is 22.9 Å². The number of hydrogen-bond donors (Lipinski definition) is 0. The van der Waals surface area contributed by atoms with Gasteiger partial charge in [0.05, 0.1) is 5.69 Å². The number of nitrogens with zero attached hydrogens (tertiary/aromatic N) is 3. The second-order valence-corrected chi connectivity index (χ2v) is 29.7. The number of para-hydroxylation sites is 1. The molecule has 0 unspecified atom stereocenters. The quantitative estimate of drug-likeness (QED) is 0.155. The molecule has 0 atom stereocenters. The van der Waals surface area contributed by atoms with E-state index in [9.17, 15) is 0 Å². The summed E-state index contributed by atoms with van der Waals surface area (Å²) in [6.45, 7) is 35.2. The van der Waals surface area contributed by atoms with E-state index in [0.717, 1.165) is 58.1 Å². The van der Waals surface area contributed by atoms with E-state index in [1.807, 2.05) is 0 Å². The lowest BCUT2D eigenvalue weighted by Gasteiger charge is -2.47. The lowest BCUT2D eigenvalue weighted by Crippen LogP contribution is -2.61. The second kappa shape index (κ2) is 18.5. The molecule has 0 saturated heterocycles. The van der Waals surface area contributed by atoms with Crippen molar-refractivity contribution in [2.24, 2.45) is 0 Å². The van der Waals surface area contributed by atoms with Crippen LogP contribution >= 0.6 is 0 Å². The third-order valence-electron chi connectivity index (χ3n) is 19.8. The van der Waals surface area contributed by atoms with Gasteiger partial charge in [-0.25, -0.2) is 0 Å². The molecule has 84 heavy (non-hydrogen) atoms. The van der Waals surface area contributed by atoms with Crippen molar-refractivity contribution in [3.63, 3.8) is 0 Å². The minimum absolute atomic E-state index is 0.00700. The maximum Gasteiger partial charge on any atom is 0.337 e. The number of anilines is 8. The number of fused-ring (bicyclic) bond motifs is 11. The Hall–Kier alpha value is -8.02. The summed E-state index contributed by atoms with van der Waals surface area (Å²) < 4.78 is 7.59. The standard InChI is InChI=1S/C79H80BN3O/c1-74(2,3)50-29-34-53(35-30-50)81(54-36-31-51(32-37-54)75(4,5)6)55-38-40-58-66(47-55)83(56-39-41-62-63(46-56)78(12,13)44-43-77(62,10)11)80-71-59-26-20-22-28-68(59)84-73(71)82(65-42-33-52(76(7,8)9)45-60(65)49-23-17-16-18-24-49)67-48-64-69(70(58)72(67)80)57-25-19-21-27-61(57)79(64,14)15/h16-42,45-48H,43-44H2,1-15H3. The molecule has 0 spiro atoms. The number of hydrogen-bond acceptors (Lipinski definition) is 4. The Morgan fingerprint density at radius 1 is 0.429 bits per heavy atom. The first-order valence-electron chi connectivity index (χ1n) is 30.7. The van der Waals surface area contributed by atoms with Crippen LogP contribution in [0, 0.1) is 0 Å². The summed E-state index contributed by atoms with van der Waals surface area (Å²) in [7, 11) is 0. The number of furan rings is 1. The van der Waals surface area contributed by atoms with Crippen LogP contribution in [0.1, 0.15) is 156 Å². The van der Waals surface area contributed by atoms with Gasteiger partial charge in [-0.2, -0.15) is 0 Å². The van der Waals surface area contributed by atoms with Gasteiger partial charge in [0.1, 0.15) is 5.58 Å². The highest BCUT2D eigenvalue weighted by molar-refractivity contribution is 6.95. The highest BCUT2D eigenvalue weighted by Gasteiger charge is 2.52. The highest BCUT2D eigenvalue weighted by atomic mass is 16.4. The second-order valence-electron chi connectivity index (χ2n) is 29.7. The third-order valence-corrected chi connectivity index (χ3v) is 19.8. The maximum absolute atomic E-state index is 7.59. The van der Waals surface area contributed by atoms with Gasteiger partial charge in [-0.05, 0) is 179 Å². The summed E-state index contributed by atoms with van der Waals surface area (Å²) in [4.78, 5) is 7.75. The molecule has 4 nitrogen and oxygen atoms in total. The zero-order valence-electron chi connectivity index (χ0n) is 52.1. The molecule has 14 rings (SSSR count). The minimum Gasteiger partial charge on any atom is -0.440 e. The summed E-state index contributed by atoms with van der Waals surface area (Å²) in [5, 5.41) is 1.12. The molecule has 0 bridgehead atoms. The van der Waals surface area contributed by atoms with Crippen LogP contribution in [0.25, 0.3) is 44.3 Å². The van der Waals surface area contributed by atoms with E-state index in [4.69, 9.17) is 4.42 Å². The van der Waals surface area contributed by atoms with Crippen LogP contribution < -0.4 is 25.5 Å². The molecule has 0 N–H and O–H groups in total. The first kappa shape index (κ1) is 54.0. The van der Waals surface area contributed by atoms with E-state index < -0.39 is 0 Å². The molecular weight excluding hydrogens is 1020 g/mol. The molecule has 1 aromatic heterocycles. The Labute approximate surface area is 500 Å². The van der Waals surface area contributed by atoms with Crippen LogP contribution in [-0.2, 0) is 32.5 Å². The van der Waals surface area contributed by atoms with E-state index in [0.29, 0.717) is 0 Å². The maximum atomic E-state index is 7.59. The molecule has 420 valence electrons. The Bertz CT molecular complexity index is 4230. The van der Waals surface area contributed by atoms with Gasteiger partial charge >= 0.3 is 6.85 Å². The van der Waals surface area contributed by atoms with E-state index in [-0.39, 0.29) is 39.3 Å². The summed E-state index contributed by atoms with van der Waals surface area (Å²) >= 11 is 0. The third kappa shape index (κ3) is 8.29. The van der Waals surface area contributed by atoms with Crippen molar-refractivity contribution in [3.8, 4) is 33.4 Å². The van der Waals surface area contributed by atoms with Gasteiger partial charge in [-0.15, -0.1) is 0 Å². The molecule has 0 saturated carbocycles. The Morgan fingerprint density at radius 3 is 1.67 bits per heavy atom. The zero-order valence-corrected chi connectivity index (χ0v) is 52.1. The van der Waals surface area contributed by atoms with Gasteiger partial charge in [0, 0.05) is 61.5 Å². The fourth-order valence-corrected chi connectivity index (χ4v) is 14.8. The molecule has 10 aromatic rings. The van der Waals surface area contributed by atoms with Crippen LogP contribution in [-0.4, -0.2) is 6.85 Å². The summed E-state index contributed by atoms with van der Waals surface area (Å²) in [6.07, 6.45) is 2.27. The predicted octanol–water partition coefficient (Wildman–Crippen LogP) is 20.8. The molecule has 4 aliphatic rings. The number of rotatable bonds is 6. The monoisotopic (exact) mass is 1100 g/mol. The van der Waals surface area contributed by atoms with Crippen molar-refractivity contribution in [1.82, 2.24) is 0 Å². The summed E-state index contributed by atoms with van der Waals surface area (Å²) in [5.74, 6) is 0.858. The van der Waals surface area contributed by atoms with Crippen molar-refractivity contribution in [1.29, 1.82) is 0 Å². The van der Waals surface area contributed by atoms with E-state index >= 15 is 0 Å². The van der Waals surface area contributed by atoms with Gasteiger partial charge in [0.15, 0.2) is 0 Å². The van der Waals surface area contributed by atoms with Crippen molar-refractivity contribution in [2.75, 3.05) is 14.6 Å². The minimum atomic E-state index is -0.311. The highest BCUT2D eigenvalue weighted by Crippen LogP contribution is 2.60. The molecular formula is C79H80BN3O. The van der Waals surface area contributed by atoms with Crippen LogP contribution in [0.15, 0.2) is 192 Å². The Morgan fingerprint density at radius 2 is 1.01 bits per heavy atom. The molecule has 0 radical (unpaired) electrons. The molecule has 0 fully saturated rings. The van der Waals surface area contributed by atoms with E-state index in [1.165, 1.54) is 94.6 Å². The van der Waals surface area contributed by atoms with Crippen LogP contribution in [0.3, 0.4) is 0 Å². The smallest absolute Gasteiger partial charge is 0.337 e. The lowest BCUT2D eigenvalue weighted by molar-refractivity contribution is 0.332. The predicted molar refractivity (Wildman–Crippen MR) is 359 cm³/mol. The van der Waals surface area contributed by atoms with E-state index in [2.05, 4.69) is 307 Å². The SMILES string of the molecule is CC(C)(C)c1ccc(N(c2ccc(C(C)(C)C)cc2)c2ccc3c(c2)N(c2ccc4c(c2)C(C)(C)CCC4(C)C)B2c4c(cc5c(c4-3)-c3ccccc3C5(C)C)N(c3ccc(C(C)(C)C)cc3-c3ccccc3)c3oc4ccccc4c32)cc1. The molecule has 0 amide bonds. The van der Waals surface area contributed by atoms with Gasteiger partial charge in [-0.3, -0.25) is 4.90 Å². The largest absolute Gasteiger partial charge is 0.440 e. The fourth-order valence-electron chi connectivity index (χ4n) is 14.8. The van der Waals surface area contributed by atoms with Gasteiger partial charge < -0.3 is 14.1 Å². The molecule has 3 heterocycles. The fraction of sp³-hybridized carbons (Fsp3) is 0.291. The lowest BCUT2D eigenvalue weighted by atomic mass is 9.43. The van der Waals surface area contributed by atoms with Crippen LogP contribution in [0.4, 0.5) is 45.7 Å². The average molecular weight is 1100 g/mol. The Kier molecular flexibility index (Phi) is 11.9.